The van der Waals surface area contributed by atoms with Crippen LogP contribution in [0.4, 0.5) is 4.79 Å². The lowest BCUT2D eigenvalue weighted by Gasteiger charge is -2.05. The lowest BCUT2D eigenvalue weighted by atomic mass is 10.1. The molecule has 15 heavy (non-hydrogen) atoms. The van der Waals surface area contributed by atoms with Crippen LogP contribution in [0.5, 0.6) is 0 Å². The maximum Gasteiger partial charge on any atom is 0.404 e. The SMILES string of the molecule is O=C(O)NCCCc1cccc(Cl)c1Cl. The molecule has 0 heterocycles. The number of amides is 1. The Labute approximate surface area is 98.0 Å². The summed E-state index contributed by atoms with van der Waals surface area (Å²) < 4.78 is 0. The van der Waals surface area contributed by atoms with E-state index in [0.717, 1.165) is 5.56 Å². The molecule has 2 N–H and O–H groups in total. The number of hydrogen-bond donors (Lipinski definition) is 2. The molecule has 0 bridgehead atoms. The molecule has 0 aliphatic heterocycles. The van der Waals surface area contributed by atoms with Crippen LogP contribution in [0.25, 0.3) is 0 Å². The molecule has 1 rings (SSSR count). The van der Waals surface area contributed by atoms with Crippen molar-refractivity contribution in [3.63, 3.8) is 0 Å². The van der Waals surface area contributed by atoms with Crippen LogP contribution in [-0.4, -0.2) is 17.7 Å². The first-order valence-electron chi connectivity index (χ1n) is 4.51. The zero-order valence-electron chi connectivity index (χ0n) is 7.96. The second kappa shape index (κ2) is 5.83. The molecule has 0 saturated carbocycles. The van der Waals surface area contributed by atoms with Gasteiger partial charge in [-0.2, -0.15) is 0 Å². The van der Waals surface area contributed by atoms with Gasteiger partial charge in [-0.1, -0.05) is 35.3 Å². The molecule has 0 fully saturated rings. The lowest BCUT2D eigenvalue weighted by Crippen LogP contribution is -2.22. The van der Waals surface area contributed by atoms with E-state index in [9.17, 15) is 4.79 Å². The molecule has 5 heteroatoms. The Kier molecular flexibility index (Phi) is 4.72. The topological polar surface area (TPSA) is 49.3 Å². The molecule has 0 atom stereocenters. The monoisotopic (exact) mass is 247 g/mol. The number of benzene rings is 1. The smallest absolute Gasteiger partial charge is 0.404 e. The van der Waals surface area contributed by atoms with Gasteiger partial charge in [-0.05, 0) is 24.5 Å². The van der Waals surface area contributed by atoms with Crippen molar-refractivity contribution in [1.82, 2.24) is 5.32 Å². The molecular weight excluding hydrogens is 237 g/mol. The van der Waals surface area contributed by atoms with Crippen molar-refractivity contribution in [1.29, 1.82) is 0 Å². The first kappa shape index (κ1) is 12.1. The van der Waals surface area contributed by atoms with Crippen LogP contribution >= 0.6 is 23.2 Å². The molecule has 0 spiro atoms. The molecule has 0 aliphatic rings. The third kappa shape index (κ3) is 3.98. The van der Waals surface area contributed by atoms with E-state index in [1.54, 1.807) is 6.07 Å². The van der Waals surface area contributed by atoms with E-state index in [0.29, 0.717) is 29.4 Å². The Bertz CT molecular complexity index is 355. The summed E-state index contributed by atoms with van der Waals surface area (Å²) in [5.41, 5.74) is 0.941. The van der Waals surface area contributed by atoms with E-state index in [1.807, 2.05) is 12.1 Å². The highest BCUT2D eigenvalue weighted by Gasteiger charge is 2.03. The van der Waals surface area contributed by atoms with Gasteiger partial charge in [-0.3, -0.25) is 0 Å². The van der Waals surface area contributed by atoms with Crippen LogP contribution in [0.3, 0.4) is 0 Å². The van der Waals surface area contributed by atoms with Crippen LogP contribution in [0.1, 0.15) is 12.0 Å². The van der Waals surface area contributed by atoms with Gasteiger partial charge in [0.2, 0.25) is 0 Å². The van der Waals surface area contributed by atoms with E-state index in [-0.39, 0.29) is 0 Å². The first-order valence-corrected chi connectivity index (χ1v) is 5.26. The molecule has 82 valence electrons. The van der Waals surface area contributed by atoms with Gasteiger partial charge < -0.3 is 10.4 Å². The normalized spacial score (nSPS) is 10.0. The van der Waals surface area contributed by atoms with Gasteiger partial charge in [-0.25, -0.2) is 4.79 Å². The second-order valence-electron chi connectivity index (χ2n) is 3.05. The number of carbonyl (C=O) groups is 1. The highest BCUT2D eigenvalue weighted by molar-refractivity contribution is 6.42. The minimum Gasteiger partial charge on any atom is -0.465 e. The van der Waals surface area contributed by atoms with Crippen LogP contribution in [0, 0.1) is 0 Å². The van der Waals surface area contributed by atoms with Gasteiger partial charge in [0.15, 0.2) is 0 Å². The number of halogens is 2. The van der Waals surface area contributed by atoms with Crippen molar-refractivity contribution in [2.24, 2.45) is 0 Å². The predicted octanol–water partition coefficient (Wildman–Crippen LogP) is 3.19. The van der Waals surface area contributed by atoms with E-state index >= 15 is 0 Å². The van der Waals surface area contributed by atoms with Crippen molar-refractivity contribution in [2.45, 2.75) is 12.8 Å². The molecule has 1 aromatic rings. The van der Waals surface area contributed by atoms with E-state index in [4.69, 9.17) is 28.3 Å². The van der Waals surface area contributed by atoms with Crippen LogP contribution < -0.4 is 5.32 Å². The minimum atomic E-state index is -1.01. The Morgan fingerprint density at radius 2 is 2.13 bits per heavy atom. The number of nitrogens with one attached hydrogen (secondary N) is 1. The molecule has 0 aromatic heterocycles. The van der Waals surface area contributed by atoms with Crippen molar-refractivity contribution in [3.8, 4) is 0 Å². The van der Waals surface area contributed by atoms with Crippen molar-refractivity contribution in [3.05, 3.63) is 33.8 Å². The van der Waals surface area contributed by atoms with Crippen molar-refractivity contribution >= 4 is 29.3 Å². The maximum atomic E-state index is 10.2. The van der Waals surface area contributed by atoms with Crippen LogP contribution in [0.15, 0.2) is 18.2 Å². The molecule has 0 aliphatic carbocycles. The van der Waals surface area contributed by atoms with Crippen molar-refractivity contribution < 1.29 is 9.90 Å². The summed E-state index contributed by atoms with van der Waals surface area (Å²) in [6.45, 7) is 0.415. The zero-order chi connectivity index (χ0) is 11.3. The Hall–Kier alpha value is -0.930. The predicted molar refractivity (Wildman–Crippen MR) is 60.8 cm³/mol. The maximum absolute atomic E-state index is 10.2. The average molecular weight is 248 g/mol. The molecule has 1 aromatic carbocycles. The second-order valence-corrected chi connectivity index (χ2v) is 3.83. The summed E-state index contributed by atoms with van der Waals surface area (Å²) >= 11 is 11.8. The average Bonchev–Trinajstić information content (AvgIpc) is 2.18. The zero-order valence-corrected chi connectivity index (χ0v) is 9.48. The Morgan fingerprint density at radius 3 is 2.80 bits per heavy atom. The molecule has 0 radical (unpaired) electrons. The number of rotatable bonds is 4. The van der Waals surface area contributed by atoms with Gasteiger partial charge >= 0.3 is 6.09 Å². The van der Waals surface area contributed by atoms with Gasteiger partial charge in [0.1, 0.15) is 0 Å². The molecule has 1 amide bonds. The van der Waals surface area contributed by atoms with E-state index in [1.165, 1.54) is 0 Å². The highest BCUT2D eigenvalue weighted by atomic mass is 35.5. The van der Waals surface area contributed by atoms with Gasteiger partial charge in [0, 0.05) is 6.54 Å². The highest BCUT2D eigenvalue weighted by Crippen LogP contribution is 2.26. The van der Waals surface area contributed by atoms with Gasteiger partial charge in [0.25, 0.3) is 0 Å². The third-order valence-electron chi connectivity index (χ3n) is 1.93. The summed E-state index contributed by atoms with van der Waals surface area (Å²) in [5.74, 6) is 0. The Morgan fingerprint density at radius 1 is 1.40 bits per heavy atom. The summed E-state index contributed by atoms with van der Waals surface area (Å²) in [7, 11) is 0. The largest absolute Gasteiger partial charge is 0.465 e. The molecule has 3 nitrogen and oxygen atoms in total. The summed E-state index contributed by atoms with van der Waals surface area (Å²) in [5, 5.41) is 11.7. The third-order valence-corrected chi connectivity index (χ3v) is 2.79. The van der Waals surface area contributed by atoms with E-state index in [2.05, 4.69) is 5.32 Å². The summed E-state index contributed by atoms with van der Waals surface area (Å²) in [6, 6.07) is 5.44. The standard InChI is InChI=1S/C10H11Cl2NO2/c11-8-5-1-3-7(9(8)12)4-2-6-13-10(14)15/h1,3,5,13H,2,4,6H2,(H,14,15). The van der Waals surface area contributed by atoms with E-state index < -0.39 is 6.09 Å². The number of hydrogen-bond acceptors (Lipinski definition) is 1. The Balaban J connectivity index is 2.44. The quantitative estimate of drug-likeness (QED) is 0.804. The number of carboxylic acid groups (broad SMARTS) is 1. The fourth-order valence-electron chi connectivity index (χ4n) is 1.22. The summed E-state index contributed by atoms with van der Waals surface area (Å²) in [6.07, 6.45) is 0.402. The lowest BCUT2D eigenvalue weighted by molar-refractivity contribution is 0.194. The number of aryl methyl sites for hydroxylation is 1. The fourth-order valence-corrected chi connectivity index (χ4v) is 1.63. The first-order chi connectivity index (χ1) is 7.11. The summed E-state index contributed by atoms with van der Waals surface area (Å²) in [4.78, 5) is 10.2. The van der Waals surface area contributed by atoms with Gasteiger partial charge in [-0.15, -0.1) is 0 Å². The minimum absolute atomic E-state index is 0.415. The van der Waals surface area contributed by atoms with Crippen molar-refractivity contribution in [2.75, 3.05) is 6.54 Å². The van der Waals surface area contributed by atoms with Crippen LogP contribution in [-0.2, 0) is 6.42 Å². The molecular formula is C10H11Cl2NO2. The molecule has 0 unspecified atom stereocenters. The molecule has 0 saturated heterocycles. The van der Waals surface area contributed by atoms with Gasteiger partial charge in [0.05, 0.1) is 10.0 Å². The van der Waals surface area contributed by atoms with Crippen LogP contribution in [0.2, 0.25) is 10.0 Å². The fraction of sp³-hybridized carbons (Fsp3) is 0.300.